The van der Waals surface area contributed by atoms with Crippen LogP contribution >= 0.6 is 9.16 Å². The Labute approximate surface area is 207 Å². The number of hydrogen-bond donors (Lipinski definition) is 2. The molecule has 4 heteroatoms. The normalized spacial score (nSPS) is 12.2. The van der Waals surface area contributed by atoms with E-state index in [0.717, 1.165) is 19.6 Å². The van der Waals surface area contributed by atoms with Crippen LogP contribution < -0.4 is 0 Å². The van der Waals surface area contributed by atoms with E-state index in [1.165, 1.54) is 0 Å². The summed E-state index contributed by atoms with van der Waals surface area (Å²) in [6, 6.07) is 40.7. The molecule has 4 aromatic carbocycles. The van der Waals surface area contributed by atoms with Crippen LogP contribution in [0.3, 0.4) is 0 Å². The fourth-order valence-electron chi connectivity index (χ4n) is 4.56. The summed E-state index contributed by atoms with van der Waals surface area (Å²) in [6.45, 7) is 0. The van der Waals surface area contributed by atoms with Gasteiger partial charge < -0.3 is 5.11 Å². The van der Waals surface area contributed by atoms with Crippen molar-refractivity contribution in [1.29, 1.82) is 0 Å². The predicted molar refractivity (Wildman–Crippen MR) is 129 cm³/mol. The Balaban J connectivity index is 0.00000256. The molecule has 0 heterocycles. The number of carboxylic acid groups (broad SMARTS) is 1. The summed E-state index contributed by atoms with van der Waals surface area (Å²) in [5.74, 6) is -0.781. The third kappa shape index (κ3) is 3.50. The monoisotopic (exact) mass is 442 g/mol. The van der Waals surface area contributed by atoms with Crippen molar-refractivity contribution in [3.8, 4) is 0 Å². The van der Waals surface area contributed by atoms with Crippen molar-refractivity contribution >= 4 is 52.9 Å². The Morgan fingerprint density at radius 1 is 0.533 bits per heavy atom. The van der Waals surface area contributed by atoms with E-state index in [-0.39, 0.29) is 43.5 Å². The van der Waals surface area contributed by atoms with Crippen molar-refractivity contribution in [2.75, 3.05) is 5.75 Å². The molecule has 0 aromatic heterocycles. The van der Waals surface area contributed by atoms with Crippen molar-refractivity contribution in [3.05, 3.63) is 121 Å². The van der Waals surface area contributed by atoms with Crippen molar-refractivity contribution in [3.63, 3.8) is 0 Å². The van der Waals surface area contributed by atoms with Gasteiger partial charge in [-0.05, 0) is 19.6 Å². The van der Waals surface area contributed by atoms with Crippen LogP contribution in [-0.4, -0.2) is 54.6 Å². The average Bonchev–Trinajstić information content (AvgIpc) is 2.80. The third-order valence-electron chi connectivity index (χ3n) is 5.76. The molecule has 0 amide bonds. The molecule has 30 heavy (non-hydrogen) atoms. The summed E-state index contributed by atoms with van der Waals surface area (Å²) in [6.07, 6.45) is 0. The molecule has 0 saturated heterocycles. The second-order valence-corrected chi connectivity index (χ2v) is 12.2. The van der Waals surface area contributed by atoms with Crippen LogP contribution in [0.4, 0.5) is 0 Å². The van der Waals surface area contributed by atoms with Gasteiger partial charge in [-0.3, -0.25) is 4.79 Å². The van der Waals surface area contributed by atoms with E-state index in [1.807, 2.05) is 72.8 Å². The molecule has 150 valence electrons. The van der Waals surface area contributed by atoms with Gasteiger partial charge in [0, 0.05) is 0 Å². The number of rotatable bonds is 6. The summed E-state index contributed by atoms with van der Waals surface area (Å²) in [5.41, 5.74) is 0. The first-order valence-electron chi connectivity index (χ1n) is 9.63. The number of benzene rings is 4. The molecule has 1 N–H and O–H groups in total. The van der Waals surface area contributed by atoms with Crippen molar-refractivity contribution in [2.24, 2.45) is 0 Å². The number of thiol groups is 1. The van der Waals surface area contributed by atoms with Gasteiger partial charge in [0.05, 0.1) is 5.75 Å². The molecule has 0 spiro atoms. The summed E-state index contributed by atoms with van der Waals surface area (Å²) in [4.78, 5) is 16.8. The number of carboxylic acids is 1. The first-order chi connectivity index (χ1) is 14.2. The van der Waals surface area contributed by atoms with E-state index in [0.29, 0.717) is 0 Å². The van der Waals surface area contributed by atoms with Gasteiger partial charge in [0.15, 0.2) is 0 Å². The molecule has 0 aliphatic rings. The third-order valence-corrected chi connectivity index (χ3v) is 12.4. The van der Waals surface area contributed by atoms with E-state index in [2.05, 4.69) is 48.5 Å². The molecule has 4 rings (SSSR count). The topological polar surface area (TPSA) is 37.3 Å². The van der Waals surface area contributed by atoms with Crippen LogP contribution in [-0.2, 0) is 4.79 Å². The van der Waals surface area contributed by atoms with E-state index in [4.69, 9.17) is 0 Å². The van der Waals surface area contributed by atoms with Gasteiger partial charge in [0.2, 0.25) is 0 Å². The number of aliphatic carboxylic acids is 1. The average molecular weight is 443 g/mol. The van der Waals surface area contributed by atoms with Gasteiger partial charge in [0.1, 0.15) is 0 Å². The summed E-state index contributed by atoms with van der Waals surface area (Å²) >= 11 is 0. The Bertz CT molecular complexity index is 931. The van der Waals surface area contributed by atoms with Gasteiger partial charge in [-0.15, -0.1) is 0 Å². The molecule has 0 fully saturated rings. The van der Waals surface area contributed by atoms with Crippen LogP contribution in [0.2, 0.25) is 0 Å². The standard InChI is InChI=1S/C26H24O2S.Ca.2H/c27-26(28)21-29(22-13-5-1-6-14-22,23-15-7-2-8-16-23,24-17-9-3-10-18-24)25-19-11-4-12-20-25;;;/h1-20,29H,21H2,(H,27,28);;;. The fourth-order valence-corrected chi connectivity index (χ4v) is 10.9. The zero-order valence-corrected chi connectivity index (χ0v) is 17.0. The predicted octanol–water partition coefficient (Wildman–Crippen LogP) is 5.46. The Hall–Kier alpha value is -2.04. The molecular weight excluding hydrogens is 416 g/mol. The minimum absolute atomic E-state index is 0. The van der Waals surface area contributed by atoms with Crippen LogP contribution in [0.1, 0.15) is 0 Å². The molecule has 0 atom stereocenters. The molecule has 4 aromatic rings. The second-order valence-electron chi connectivity index (χ2n) is 7.20. The van der Waals surface area contributed by atoms with E-state index >= 15 is 0 Å². The summed E-state index contributed by atoms with van der Waals surface area (Å²) in [7, 11) is -3.54. The minimum atomic E-state index is -3.54. The van der Waals surface area contributed by atoms with Crippen molar-refractivity contribution in [1.82, 2.24) is 0 Å². The zero-order chi connectivity index (χ0) is 20.2. The second kappa shape index (κ2) is 9.40. The molecule has 0 bridgehead atoms. The first-order valence-corrected chi connectivity index (χ1v) is 12.1. The summed E-state index contributed by atoms with van der Waals surface area (Å²) in [5, 5.41) is 10.3. The first kappa shape index (κ1) is 22.6. The van der Waals surface area contributed by atoms with Gasteiger partial charge in [-0.25, -0.2) is 0 Å². The molecule has 0 aliphatic heterocycles. The van der Waals surface area contributed by atoms with Crippen molar-refractivity contribution < 1.29 is 9.90 Å². The van der Waals surface area contributed by atoms with Crippen LogP contribution in [0.5, 0.6) is 0 Å². The number of hydrogen-bond acceptors (Lipinski definition) is 1. The quantitative estimate of drug-likeness (QED) is 0.307. The van der Waals surface area contributed by atoms with Gasteiger partial charge in [-0.2, -0.15) is 9.16 Å². The van der Waals surface area contributed by atoms with E-state index < -0.39 is 15.1 Å². The van der Waals surface area contributed by atoms with Crippen LogP contribution in [0.25, 0.3) is 0 Å². The van der Waals surface area contributed by atoms with E-state index in [9.17, 15) is 9.90 Å². The number of carbonyl (C=O) groups is 1. The van der Waals surface area contributed by atoms with Crippen molar-refractivity contribution in [2.45, 2.75) is 19.6 Å². The Morgan fingerprint density at radius 2 is 0.767 bits per heavy atom. The molecule has 2 nitrogen and oxygen atoms in total. The Kier molecular flexibility index (Phi) is 7.10. The Morgan fingerprint density at radius 3 is 0.967 bits per heavy atom. The summed E-state index contributed by atoms with van der Waals surface area (Å²) < 4.78 is 0. The zero-order valence-electron chi connectivity index (χ0n) is 16.1. The molecular formula is C26H26CaO2S. The maximum atomic E-state index is 12.5. The molecule has 0 aliphatic carbocycles. The molecule has 0 unspecified atom stereocenters. The maximum absolute atomic E-state index is 12.5. The van der Waals surface area contributed by atoms with Crippen LogP contribution in [0, 0.1) is 0 Å². The van der Waals surface area contributed by atoms with Gasteiger partial charge >= 0.3 is 43.7 Å². The fraction of sp³-hybridized carbons (Fsp3) is 0.0385. The SMILES string of the molecule is O=C(O)C[SH](c1ccccc1)(c1ccccc1)(c1ccccc1)c1ccccc1.[CaH2]. The van der Waals surface area contributed by atoms with Gasteiger partial charge in [-0.1, -0.05) is 121 Å². The molecule has 0 radical (unpaired) electrons. The molecule has 0 saturated carbocycles. The van der Waals surface area contributed by atoms with Gasteiger partial charge in [0.25, 0.3) is 0 Å². The van der Waals surface area contributed by atoms with Crippen LogP contribution in [0.15, 0.2) is 141 Å². The van der Waals surface area contributed by atoms with E-state index in [1.54, 1.807) is 0 Å².